The Hall–Kier alpha value is -1.42. The fourth-order valence-corrected chi connectivity index (χ4v) is 2.07. The molecule has 0 saturated heterocycles. The number of anilines is 2. The summed E-state index contributed by atoms with van der Waals surface area (Å²) in [7, 11) is 0. The van der Waals surface area contributed by atoms with Crippen molar-refractivity contribution in [2.75, 3.05) is 23.7 Å². The van der Waals surface area contributed by atoms with Crippen LogP contribution < -0.4 is 16.4 Å². The molecule has 0 atom stereocenters. The fourth-order valence-electron chi connectivity index (χ4n) is 1.91. The molecule has 4 nitrogen and oxygen atoms in total. The molecule has 18 heavy (non-hydrogen) atoms. The number of nitrogens with zero attached hydrogens (tertiary/aromatic N) is 1. The maximum Gasteiger partial charge on any atom is 0.236 e. The van der Waals surface area contributed by atoms with Crippen LogP contribution in [0.25, 0.3) is 0 Å². The molecule has 100 valence electrons. The minimum absolute atomic E-state index is 0.180. The lowest BCUT2D eigenvalue weighted by Crippen LogP contribution is -2.36. The smallest absolute Gasteiger partial charge is 0.236 e. The molecule has 1 amide bonds. The summed E-state index contributed by atoms with van der Waals surface area (Å²) < 4.78 is 0. The standard InChI is InChI=1S/C13H20ClN3O/c1-8(2)6-17(7-13(16)18)12-5-10(14)11(15)4-9(12)3/h4-5,8H,6-7,15H2,1-3H3,(H2,16,18). The van der Waals surface area contributed by atoms with Gasteiger partial charge in [0.1, 0.15) is 0 Å². The van der Waals surface area contributed by atoms with Gasteiger partial charge in [-0.3, -0.25) is 4.79 Å². The highest BCUT2D eigenvalue weighted by molar-refractivity contribution is 6.33. The molecule has 0 fully saturated rings. The number of hydrogen-bond acceptors (Lipinski definition) is 3. The Balaban J connectivity index is 3.11. The molecular weight excluding hydrogens is 250 g/mol. The number of nitrogens with two attached hydrogens (primary N) is 2. The lowest BCUT2D eigenvalue weighted by Gasteiger charge is -2.27. The molecular formula is C13H20ClN3O. The van der Waals surface area contributed by atoms with Crippen molar-refractivity contribution in [2.45, 2.75) is 20.8 Å². The third-order valence-electron chi connectivity index (χ3n) is 2.59. The van der Waals surface area contributed by atoms with Gasteiger partial charge in [0, 0.05) is 12.2 Å². The molecule has 0 aliphatic rings. The van der Waals surface area contributed by atoms with Gasteiger partial charge in [0.25, 0.3) is 0 Å². The number of hydrogen-bond donors (Lipinski definition) is 2. The first-order valence-corrected chi connectivity index (χ1v) is 6.28. The van der Waals surface area contributed by atoms with Crippen molar-refractivity contribution in [2.24, 2.45) is 11.7 Å². The number of halogens is 1. The molecule has 0 unspecified atom stereocenters. The molecule has 0 radical (unpaired) electrons. The van der Waals surface area contributed by atoms with Gasteiger partial charge in [0.15, 0.2) is 0 Å². The Morgan fingerprint density at radius 3 is 2.56 bits per heavy atom. The van der Waals surface area contributed by atoms with Crippen molar-refractivity contribution in [1.29, 1.82) is 0 Å². The highest BCUT2D eigenvalue weighted by Gasteiger charge is 2.15. The predicted molar refractivity (Wildman–Crippen MR) is 76.8 cm³/mol. The quantitative estimate of drug-likeness (QED) is 0.805. The number of rotatable bonds is 5. The molecule has 0 bridgehead atoms. The molecule has 0 saturated carbocycles. The SMILES string of the molecule is Cc1cc(N)c(Cl)cc1N(CC(N)=O)CC(C)C. The monoisotopic (exact) mass is 269 g/mol. The first-order chi connectivity index (χ1) is 8.31. The van der Waals surface area contributed by atoms with E-state index in [-0.39, 0.29) is 12.5 Å². The van der Waals surface area contributed by atoms with Gasteiger partial charge in [0.2, 0.25) is 5.91 Å². The number of aryl methyl sites for hydroxylation is 1. The van der Waals surface area contributed by atoms with E-state index >= 15 is 0 Å². The van der Waals surface area contributed by atoms with Crippen LogP contribution in [-0.2, 0) is 4.79 Å². The number of benzene rings is 1. The van der Waals surface area contributed by atoms with Crippen LogP contribution in [0.2, 0.25) is 5.02 Å². The van der Waals surface area contributed by atoms with Crippen LogP contribution in [0.5, 0.6) is 0 Å². The van der Waals surface area contributed by atoms with E-state index in [0.717, 1.165) is 17.8 Å². The van der Waals surface area contributed by atoms with Gasteiger partial charge in [-0.1, -0.05) is 25.4 Å². The van der Waals surface area contributed by atoms with E-state index in [2.05, 4.69) is 13.8 Å². The van der Waals surface area contributed by atoms with Crippen LogP contribution >= 0.6 is 11.6 Å². The summed E-state index contributed by atoms with van der Waals surface area (Å²) in [6.45, 7) is 7.03. The summed E-state index contributed by atoms with van der Waals surface area (Å²) in [5, 5.41) is 0.494. The van der Waals surface area contributed by atoms with Gasteiger partial charge in [-0.25, -0.2) is 0 Å². The highest BCUT2D eigenvalue weighted by atomic mass is 35.5. The molecule has 0 heterocycles. The minimum atomic E-state index is -0.358. The number of primary amides is 1. The maximum atomic E-state index is 11.2. The van der Waals surface area contributed by atoms with Gasteiger partial charge in [-0.05, 0) is 30.5 Å². The second kappa shape index (κ2) is 5.96. The average molecular weight is 270 g/mol. The zero-order chi connectivity index (χ0) is 13.9. The van der Waals surface area contributed by atoms with Crippen molar-refractivity contribution < 1.29 is 4.79 Å². The zero-order valence-electron chi connectivity index (χ0n) is 11.0. The average Bonchev–Trinajstić information content (AvgIpc) is 2.21. The Morgan fingerprint density at radius 1 is 1.44 bits per heavy atom. The van der Waals surface area contributed by atoms with E-state index in [1.54, 1.807) is 6.07 Å². The Bertz CT molecular complexity index is 446. The first kappa shape index (κ1) is 14.6. The Labute approximate surface area is 113 Å². The zero-order valence-corrected chi connectivity index (χ0v) is 11.8. The van der Waals surface area contributed by atoms with Crippen molar-refractivity contribution >= 4 is 28.9 Å². The summed E-state index contributed by atoms with van der Waals surface area (Å²) in [4.78, 5) is 13.1. The topological polar surface area (TPSA) is 72.3 Å². The Morgan fingerprint density at radius 2 is 2.06 bits per heavy atom. The predicted octanol–water partition coefficient (Wildman–Crippen LogP) is 2.18. The molecule has 1 aromatic rings. The van der Waals surface area contributed by atoms with Crippen LogP contribution in [0.4, 0.5) is 11.4 Å². The van der Waals surface area contributed by atoms with Crippen molar-refractivity contribution in [1.82, 2.24) is 0 Å². The molecule has 4 N–H and O–H groups in total. The highest BCUT2D eigenvalue weighted by Crippen LogP contribution is 2.29. The van der Waals surface area contributed by atoms with E-state index in [1.165, 1.54) is 0 Å². The van der Waals surface area contributed by atoms with Crippen LogP contribution in [-0.4, -0.2) is 19.0 Å². The number of carbonyl (C=O) groups is 1. The van der Waals surface area contributed by atoms with Gasteiger partial charge < -0.3 is 16.4 Å². The maximum absolute atomic E-state index is 11.2. The lowest BCUT2D eigenvalue weighted by molar-refractivity contribution is -0.116. The van der Waals surface area contributed by atoms with Crippen molar-refractivity contribution in [3.63, 3.8) is 0 Å². The van der Waals surface area contributed by atoms with Gasteiger partial charge in [0.05, 0.1) is 17.3 Å². The molecule has 0 aliphatic heterocycles. The first-order valence-electron chi connectivity index (χ1n) is 5.90. The molecule has 1 rings (SSSR count). The van der Waals surface area contributed by atoms with Crippen LogP contribution in [0.1, 0.15) is 19.4 Å². The third-order valence-corrected chi connectivity index (χ3v) is 2.92. The van der Waals surface area contributed by atoms with Crippen LogP contribution in [0.15, 0.2) is 12.1 Å². The summed E-state index contributed by atoms with van der Waals surface area (Å²) in [6, 6.07) is 3.60. The number of amides is 1. The second-order valence-electron chi connectivity index (χ2n) is 4.90. The molecule has 0 spiro atoms. The van der Waals surface area contributed by atoms with Crippen molar-refractivity contribution in [3.05, 3.63) is 22.7 Å². The van der Waals surface area contributed by atoms with Crippen molar-refractivity contribution in [3.8, 4) is 0 Å². The van der Waals surface area contributed by atoms with Crippen LogP contribution in [0, 0.1) is 12.8 Å². The molecule has 5 heteroatoms. The summed E-state index contributed by atoms with van der Waals surface area (Å²) in [5.41, 5.74) is 13.5. The van der Waals surface area contributed by atoms with Gasteiger partial charge in [-0.15, -0.1) is 0 Å². The fraction of sp³-hybridized carbons (Fsp3) is 0.462. The summed E-state index contributed by atoms with van der Waals surface area (Å²) >= 11 is 6.04. The van der Waals surface area contributed by atoms with E-state index < -0.39 is 0 Å². The third kappa shape index (κ3) is 3.81. The van der Waals surface area contributed by atoms with E-state index in [4.69, 9.17) is 23.1 Å². The van der Waals surface area contributed by atoms with E-state index in [0.29, 0.717) is 16.6 Å². The number of nitrogen functional groups attached to an aromatic ring is 1. The van der Waals surface area contributed by atoms with Gasteiger partial charge in [-0.2, -0.15) is 0 Å². The molecule has 0 aliphatic carbocycles. The van der Waals surface area contributed by atoms with Crippen LogP contribution in [0.3, 0.4) is 0 Å². The summed E-state index contributed by atoms with van der Waals surface area (Å²) in [6.07, 6.45) is 0. The normalized spacial score (nSPS) is 10.7. The van der Waals surface area contributed by atoms with E-state index in [1.807, 2.05) is 17.9 Å². The summed E-state index contributed by atoms with van der Waals surface area (Å²) in [5.74, 6) is 0.0584. The second-order valence-corrected chi connectivity index (χ2v) is 5.31. The number of carbonyl (C=O) groups excluding carboxylic acids is 1. The molecule has 0 aromatic heterocycles. The largest absolute Gasteiger partial charge is 0.398 e. The molecule has 1 aromatic carbocycles. The van der Waals surface area contributed by atoms with Gasteiger partial charge >= 0.3 is 0 Å². The Kier molecular flexibility index (Phi) is 4.84. The minimum Gasteiger partial charge on any atom is -0.398 e. The lowest BCUT2D eigenvalue weighted by atomic mass is 10.1. The van der Waals surface area contributed by atoms with E-state index in [9.17, 15) is 4.79 Å².